The van der Waals surface area contributed by atoms with Crippen LogP contribution in [0.3, 0.4) is 0 Å². The Morgan fingerprint density at radius 1 is 1.16 bits per heavy atom. The molecule has 0 unspecified atom stereocenters. The zero-order valence-corrected chi connectivity index (χ0v) is 11.9. The Morgan fingerprint density at radius 2 is 2.00 bits per heavy atom. The Labute approximate surface area is 115 Å². The van der Waals surface area contributed by atoms with Crippen LogP contribution in [0.2, 0.25) is 0 Å². The van der Waals surface area contributed by atoms with Gasteiger partial charge in [-0.1, -0.05) is 12.5 Å². The molecule has 0 fully saturated rings. The van der Waals surface area contributed by atoms with E-state index >= 15 is 0 Å². The molecule has 0 saturated carbocycles. The van der Waals surface area contributed by atoms with Crippen molar-refractivity contribution in [3.63, 3.8) is 0 Å². The molecule has 2 nitrogen and oxygen atoms in total. The molecule has 0 amide bonds. The summed E-state index contributed by atoms with van der Waals surface area (Å²) >= 11 is 0. The average Bonchev–Trinajstić information content (AvgIpc) is 2.62. The molecule has 1 aromatic carbocycles. The molecule has 1 heterocycles. The largest absolute Gasteiger partial charge is 0.347 e. The maximum atomic E-state index is 5.80. The van der Waals surface area contributed by atoms with Crippen molar-refractivity contribution >= 4 is 10.9 Å². The first-order valence-corrected chi connectivity index (χ1v) is 7.67. The van der Waals surface area contributed by atoms with Gasteiger partial charge in [-0.2, -0.15) is 0 Å². The van der Waals surface area contributed by atoms with E-state index in [1.54, 1.807) is 11.1 Å². The van der Waals surface area contributed by atoms with Crippen molar-refractivity contribution in [2.75, 3.05) is 6.54 Å². The van der Waals surface area contributed by atoms with Crippen molar-refractivity contribution in [2.24, 2.45) is 5.73 Å². The number of fused-ring (bicyclic) bond motifs is 3. The normalized spacial score (nSPS) is 15.5. The van der Waals surface area contributed by atoms with Gasteiger partial charge >= 0.3 is 0 Å². The van der Waals surface area contributed by atoms with Crippen LogP contribution in [0.1, 0.15) is 42.9 Å². The van der Waals surface area contributed by atoms with E-state index in [1.807, 2.05) is 0 Å². The SMILES string of the molecule is CCn1cc(CCN)c2c3c(ccc21)CCCCC3. The summed E-state index contributed by atoms with van der Waals surface area (Å²) in [6.45, 7) is 4.00. The fourth-order valence-electron chi connectivity index (χ4n) is 3.52. The lowest BCUT2D eigenvalue weighted by molar-refractivity contribution is 0.712. The predicted octanol–water partition coefficient (Wildman–Crippen LogP) is 3.43. The van der Waals surface area contributed by atoms with Gasteiger partial charge in [0.2, 0.25) is 0 Å². The van der Waals surface area contributed by atoms with Gasteiger partial charge in [0.1, 0.15) is 0 Å². The molecule has 1 aliphatic rings. The highest BCUT2D eigenvalue weighted by Crippen LogP contribution is 2.32. The van der Waals surface area contributed by atoms with Gasteiger partial charge in [0.25, 0.3) is 0 Å². The first kappa shape index (κ1) is 12.7. The molecule has 102 valence electrons. The van der Waals surface area contributed by atoms with Crippen LogP contribution in [0.5, 0.6) is 0 Å². The van der Waals surface area contributed by atoms with E-state index in [0.29, 0.717) is 0 Å². The highest BCUT2D eigenvalue weighted by Gasteiger charge is 2.16. The van der Waals surface area contributed by atoms with Gasteiger partial charge in [-0.25, -0.2) is 0 Å². The van der Waals surface area contributed by atoms with E-state index in [9.17, 15) is 0 Å². The molecule has 19 heavy (non-hydrogen) atoms. The third kappa shape index (κ3) is 2.18. The number of nitrogens with two attached hydrogens (primary N) is 1. The molecule has 0 atom stereocenters. The molecule has 0 radical (unpaired) electrons. The van der Waals surface area contributed by atoms with Gasteiger partial charge in [-0.05, 0) is 68.3 Å². The number of hydrogen-bond donors (Lipinski definition) is 1. The zero-order chi connectivity index (χ0) is 13.2. The second kappa shape index (κ2) is 5.38. The Balaban J connectivity index is 2.24. The molecule has 0 bridgehead atoms. The molecule has 2 aromatic rings. The van der Waals surface area contributed by atoms with Crippen LogP contribution in [0, 0.1) is 0 Å². The Hall–Kier alpha value is -1.28. The summed E-state index contributed by atoms with van der Waals surface area (Å²) in [5.74, 6) is 0. The lowest BCUT2D eigenvalue weighted by Crippen LogP contribution is -2.03. The monoisotopic (exact) mass is 256 g/mol. The number of nitrogens with zero attached hydrogens (tertiary/aromatic N) is 1. The van der Waals surface area contributed by atoms with Crippen molar-refractivity contribution in [3.8, 4) is 0 Å². The molecule has 1 aromatic heterocycles. The van der Waals surface area contributed by atoms with Gasteiger partial charge < -0.3 is 10.3 Å². The van der Waals surface area contributed by atoms with Crippen LogP contribution in [-0.2, 0) is 25.8 Å². The van der Waals surface area contributed by atoms with Crippen molar-refractivity contribution in [1.82, 2.24) is 4.57 Å². The molecule has 2 heteroatoms. The van der Waals surface area contributed by atoms with Crippen LogP contribution in [-0.4, -0.2) is 11.1 Å². The molecule has 1 aliphatic carbocycles. The lowest BCUT2D eigenvalue weighted by Gasteiger charge is -2.10. The quantitative estimate of drug-likeness (QED) is 0.838. The summed E-state index contributed by atoms with van der Waals surface area (Å²) in [5.41, 5.74) is 11.9. The van der Waals surface area contributed by atoms with Crippen molar-refractivity contribution in [1.29, 1.82) is 0 Å². The molecule has 0 saturated heterocycles. The van der Waals surface area contributed by atoms with Crippen molar-refractivity contribution < 1.29 is 0 Å². The van der Waals surface area contributed by atoms with E-state index < -0.39 is 0 Å². The minimum Gasteiger partial charge on any atom is -0.347 e. The molecule has 3 rings (SSSR count). The van der Waals surface area contributed by atoms with Gasteiger partial charge in [0, 0.05) is 23.6 Å². The van der Waals surface area contributed by atoms with E-state index in [-0.39, 0.29) is 0 Å². The second-order valence-corrected chi connectivity index (χ2v) is 5.64. The Kier molecular flexibility index (Phi) is 3.61. The minimum atomic E-state index is 0.743. The molecule has 0 aliphatic heterocycles. The molecule has 2 N–H and O–H groups in total. The van der Waals surface area contributed by atoms with Gasteiger partial charge in [0.15, 0.2) is 0 Å². The van der Waals surface area contributed by atoms with Gasteiger partial charge in [-0.3, -0.25) is 0 Å². The maximum Gasteiger partial charge on any atom is 0.0486 e. The Morgan fingerprint density at radius 3 is 2.79 bits per heavy atom. The summed E-state index contributed by atoms with van der Waals surface area (Å²) < 4.78 is 2.38. The van der Waals surface area contributed by atoms with Crippen LogP contribution in [0.4, 0.5) is 0 Å². The summed E-state index contributed by atoms with van der Waals surface area (Å²) in [4.78, 5) is 0. The van der Waals surface area contributed by atoms with Crippen LogP contribution < -0.4 is 5.73 Å². The van der Waals surface area contributed by atoms with E-state index in [2.05, 4.69) is 29.8 Å². The predicted molar refractivity (Wildman–Crippen MR) is 81.6 cm³/mol. The van der Waals surface area contributed by atoms with Crippen LogP contribution in [0.25, 0.3) is 10.9 Å². The highest BCUT2D eigenvalue weighted by atomic mass is 14.9. The second-order valence-electron chi connectivity index (χ2n) is 5.64. The molecular formula is C17H24N2. The third-order valence-corrected chi connectivity index (χ3v) is 4.46. The van der Waals surface area contributed by atoms with Crippen LogP contribution >= 0.6 is 0 Å². The van der Waals surface area contributed by atoms with Gasteiger partial charge in [0.05, 0.1) is 0 Å². The van der Waals surface area contributed by atoms with Crippen molar-refractivity contribution in [2.45, 2.75) is 52.0 Å². The zero-order valence-electron chi connectivity index (χ0n) is 11.9. The van der Waals surface area contributed by atoms with E-state index in [4.69, 9.17) is 5.73 Å². The number of rotatable bonds is 3. The molecule has 0 spiro atoms. The fourth-order valence-corrected chi connectivity index (χ4v) is 3.52. The maximum absolute atomic E-state index is 5.80. The first-order chi connectivity index (χ1) is 9.35. The smallest absolute Gasteiger partial charge is 0.0486 e. The fraction of sp³-hybridized carbons (Fsp3) is 0.529. The summed E-state index contributed by atoms with van der Waals surface area (Å²) in [7, 11) is 0. The first-order valence-electron chi connectivity index (χ1n) is 7.67. The number of benzene rings is 1. The lowest BCUT2D eigenvalue weighted by atomic mass is 9.96. The third-order valence-electron chi connectivity index (χ3n) is 4.46. The summed E-state index contributed by atoms with van der Waals surface area (Å²) in [5, 5.41) is 1.52. The molecular weight excluding hydrogens is 232 g/mol. The topological polar surface area (TPSA) is 30.9 Å². The summed E-state index contributed by atoms with van der Waals surface area (Å²) in [6.07, 6.45) is 9.88. The highest BCUT2D eigenvalue weighted by molar-refractivity contribution is 5.88. The van der Waals surface area contributed by atoms with E-state index in [1.165, 1.54) is 48.6 Å². The Bertz CT molecular complexity index is 580. The van der Waals surface area contributed by atoms with E-state index in [0.717, 1.165) is 19.5 Å². The van der Waals surface area contributed by atoms with Crippen molar-refractivity contribution in [3.05, 3.63) is 35.0 Å². The standard InChI is InChI=1S/C17H24N2/c1-2-19-12-14(10-11-18)17-15-7-5-3-4-6-13(15)8-9-16(17)19/h8-9,12H,2-7,10-11,18H2,1H3. The number of aryl methyl sites for hydroxylation is 3. The number of hydrogen-bond acceptors (Lipinski definition) is 1. The van der Waals surface area contributed by atoms with Crippen LogP contribution in [0.15, 0.2) is 18.3 Å². The summed E-state index contributed by atoms with van der Waals surface area (Å²) in [6, 6.07) is 4.68. The number of aromatic nitrogens is 1. The average molecular weight is 256 g/mol. The minimum absolute atomic E-state index is 0.743. The van der Waals surface area contributed by atoms with Gasteiger partial charge in [-0.15, -0.1) is 0 Å².